The summed E-state index contributed by atoms with van der Waals surface area (Å²) < 4.78 is 0.704. The first-order valence-electron chi connectivity index (χ1n) is 4.86. The van der Waals surface area contributed by atoms with Crippen LogP contribution < -0.4 is 5.32 Å². The molecule has 92 valence electrons. The van der Waals surface area contributed by atoms with Crippen LogP contribution in [-0.4, -0.2) is 21.3 Å². The van der Waals surface area contributed by atoms with E-state index in [9.17, 15) is 4.79 Å². The van der Waals surface area contributed by atoms with E-state index in [2.05, 4.69) is 31.4 Å². The number of halogens is 2. The number of nitrogens with zero attached hydrogens (tertiary/aromatic N) is 2. The van der Waals surface area contributed by atoms with Gasteiger partial charge in [-0.1, -0.05) is 17.7 Å². The molecule has 1 aromatic carbocycles. The Hall–Kier alpha value is -1.66. The third kappa shape index (κ3) is 2.77. The van der Waals surface area contributed by atoms with E-state index in [1.807, 2.05) is 6.07 Å². The van der Waals surface area contributed by atoms with Gasteiger partial charge in [-0.15, -0.1) is 10.2 Å². The Morgan fingerprint density at radius 1 is 1.28 bits per heavy atom. The molecule has 18 heavy (non-hydrogen) atoms. The molecule has 1 heterocycles. The normalized spacial score (nSPS) is 10.1. The number of aromatic carboxylic acids is 1. The molecule has 0 saturated heterocycles. The van der Waals surface area contributed by atoms with Crippen molar-refractivity contribution < 1.29 is 9.90 Å². The molecule has 5 nitrogen and oxygen atoms in total. The molecule has 0 atom stereocenters. The summed E-state index contributed by atoms with van der Waals surface area (Å²) in [6.45, 7) is 0. The maximum absolute atomic E-state index is 10.6. The summed E-state index contributed by atoms with van der Waals surface area (Å²) >= 11 is 9.28. The number of nitrogens with one attached hydrogen (secondary N) is 1. The highest BCUT2D eigenvalue weighted by molar-refractivity contribution is 9.10. The molecule has 0 fully saturated rings. The molecule has 7 heteroatoms. The van der Waals surface area contributed by atoms with Gasteiger partial charge in [-0.05, 0) is 40.2 Å². The van der Waals surface area contributed by atoms with E-state index in [-0.39, 0.29) is 5.69 Å². The SMILES string of the molecule is O=C(O)c1ccc(Nc2cccc(Cl)c2Br)nn1. The second kappa shape index (κ2) is 5.32. The van der Waals surface area contributed by atoms with Crippen LogP contribution in [0.25, 0.3) is 0 Å². The van der Waals surface area contributed by atoms with E-state index >= 15 is 0 Å². The first-order valence-corrected chi connectivity index (χ1v) is 6.03. The lowest BCUT2D eigenvalue weighted by Crippen LogP contribution is -2.03. The fraction of sp³-hybridized carbons (Fsp3) is 0. The van der Waals surface area contributed by atoms with Crippen molar-refractivity contribution in [2.75, 3.05) is 5.32 Å². The van der Waals surface area contributed by atoms with E-state index < -0.39 is 5.97 Å². The number of benzene rings is 1. The van der Waals surface area contributed by atoms with Gasteiger partial charge < -0.3 is 10.4 Å². The Labute approximate surface area is 116 Å². The Morgan fingerprint density at radius 2 is 2.06 bits per heavy atom. The number of anilines is 2. The maximum Gasteiger partial charge on any atom is 0.356 e. The van der Waals surface area contributed by atoms with E-state index in [0.29, 0.717) is 15.3 Å². The van der Waals surface area contributed by atoms with Gasteiger partial charge in [0.2, 0.25) is 0 Å². The minimum atomic E-state index is -1.11. The summed E-state index contributed by atoms with van der Waals surface area (Å²) in [4.78, 5) is 10.6. The van der Waals surface area contributed by atoms with Gasteiger partial charge in [0.1, 0.15) is 0 Å². The quantitative estimate of drug-likeness (QED) is 0.904. The molecule has 0 aliphatic heterocycles. The van der Waals surface area contributed by atoms with Gasteiger partial charge >= 0.3 is 5.97 Å². The number of carbonyl (C=O) groups is 1. The van der Waals surface area contributed by atoms with Crippen molar-refractivity contribution in [2.24, 2.45) is 0 Å². The van der Waals surface area contributed by atoms with Crippen LogP contribution in [0.4, 0.5) is 11.5 Å². The Bertz CT molecular complexity index is 589. The van der Waals surface area contributed by atoms with Crippen LogP contribution in [0.5, 0.6) is 0 Å². The smallest absolute Gasteiger partial charge is 0.356 e. The summed E-state index contributed by atoms with van der Waals surface area (Å²) in [5, 5.41) is 19.6. The predicted molar refractivity (Wildman–Crippen MR) is 71.4 cm³/mol. The Balaban J connectivity index is 2.24. The van der Waals surface area contributed by atoms with Crippen LogP contribution in [0.3, 0.4) is 0 Å². The molecule has 0 unspecified atom stereocenters. The van der Waals surface area contributed by atoms with E-state index in [4.69, 9.17) is 16.7 Å². The third-order valence-corrected chi connectivity index (χ3v) is 3.50. The fourth-order valence-electron chi connectivity index (χ4n) is 1.25. The lowest BCUT2D eigenvalue weighted by Gasteiger charge is -2.08. The molecule has 2 N–H and O–H groups in total. The minimum Gasteiger partial charge on any atom is -0.476 e. The van der Waals surface area contributed by atoms with Crippen molar-refractivity contribution in [3.05, 3.63) is 45.5 Å². The average Bonchev–Trinajstić information content (AvgIpc) is 2.36. The van der Waals surface area contributed by atoms with Gasteiger partial charge in [0.05, 0.1) is 15.2 Å². The van der Waals surface area contributed by atoms with Gasteiger partial charge in [0, 0.05) is 0 Å². The molecule has 0 aliphatic carbocycles. The second-order valence-electron chi connectivity index (χ2n) is 3.34. The topological polar surface area (TPSA) is 75.1 Å². The number of aromatic nitrogens is 2. The number of rotatable bonds is 3. The van der Waals surface area contributed by atoms with Crippen molar-refractivity contribution in [1.82, 2.24) is 10.2 Å². The minimum absolute atomic E-state index is 0.106. The van der Waals surface area contributed by atoms with Crippen LogP contribution in [0.15, 0.2) is 34.8 Å². The zero-order chi connectivity index (χ0) is 13.1. The zero-order valence-corrected chi connectivity index (χ0v) is 11.2. The van der Waals surface area contributed by atoms with Gasteiger partial charge in [0.25, 0.3) is 0 Å². The lowest BCUT2D eigenvalue weighted by molar-refractivity contribution is 0.0689. The number of carboxylic acid groups (broad SMARTS) is 1. The second-order valence-corrected chi connectivity index (χ2v) is 4.54. The van der Waals surface area contributed by atoms with Crippen molar-refractivity contribution in [2.45, 2.75) is 0 Å². The summed E-state index contributed by atoms with van der Waals surface area (Å²) in [6, 6.07) is 8.24. The van der Waals surface area contributed by atoms with Crippen LogP contribution in [0, 0.1) is 0 Å². The van der Waals surface area contributed by atoms with E-state index in [1.165, 1.54) is 12.1 Å². The molecular formula is C11H7BrClN3O2. The largest absolute Gasteiger partial charge is 0.476 e. The zero-order valence-electron chi connectivity index (χ0n) is 8.89. The van der Waals surface area contributed by atoms with Gasteiger partial charge in [0.15, 0.2) is 11.5 Å². The summed E-state index contributed by atoms with van der Waals surface area (Å²) in [5.41, 5.74) is 0.616. The Morgan fingerprint density at radius 3 is 2.67 bits per heavy atom. The number of hydrogen-bond donors (Lipinski definition) is 2. The molecule has 2 rings (SSSR count). The molecule has 0 amide bonds. The van der Waals surface area contributed by atoms with Crippen LogP contribution in [-0.2, 0) is 0 Å². The Kier molecular flexibility index (Phi) is 3.78. The van der Waals surface area contributed by atoms with Crippen molar-refractivity contribution >= 4 is 45.0 Å². The van der Waals surface area contributed by atoms with Crippen molar-refractivity contribution in [3.8, 4) is 0 Å². The predicted octanol–water partition coefficient (Wildman–Crippen LogP) is 3.33. The molecule has 0 spiro atoms. The molecule has 0 bridgehead atoms. The molecule has 2 aromatic rings. The van der Waals surface area contributed by atoms with Crippen LogP contribution in [0.2, 0.25) is 5.02 Å². The summed E-state index contributed by atoms with van der Waals surface area (Å²) in [7, 11) is 0. The highest BCUT2D eigenvalue weighted by Crippen LogP contribution is 2.31. The van der Waals surface area contributed by atoms with Crippen molar-refractivity contribution in [1.29, 1.82) is 0 Å². The molecule has 0 aliphatic rings. The molecular weight excluding hydrogens is 321 g/mol. The standard InChI is InChI=1S/C11H7BrClN3O2/c12-10-6(13)2-1-3-7(10)14-9-5-4-8(11(17)18)15-16-9/h1-5H,(H,14,16)(H,17,18). The first-order chi connectivity index (χ1) is 8.58. The fourth-order valence-corrected chi connectivity index (χ4v) is 1.79. The number of hydrogen-bond acceptors (Lipinski definition) is 4. The highest BCUT2D eigenvalue weighted by atomic mass is 79.9. The van der Waals surface area contributed by atoms with Crippen LogP contribution in [0.1, 0.15) is 10.5 Å². The monoisotopic (exact) mass is 327 g/mol. The number of carboxylic acids is 1. The van der Waals surface area contributed by atoms with Gasteiger partial charge in [-0.3, -0.25) is 0 Å². The average molecular weight is 329 g/mol. The van der Waals surface area contributed by atoms with Crippen LogP contribution >= 0.6 is 27.5 Å². The summed E-state index contributed by atoms with van der Waals surface area (Å²) in [6.07, 6.45) is 0. The summed E-state index contributed by atoms with van der Waals surface area (Å²) in [5.74, 6) is -0.680. The first kappa shape index (κ1) is 12.8. The lowest BCUT2D eigenvalue weighted by atomic mass is 10.3. The third-order valence-electron chi connectivity index (χ3n) is 2.10. The van der Waals surface area contributed by atoms with E-state index in [1.54, 1.807) is 12.1 Å². The van der Waals surface area contributed by atoms with Crippen molar-refractivity contribution in [3.63, 3.8) is 0 Å². The molecule has 0 radical (unpaired) electrons. The van der Waals surface area contributed by atoms with Gasteiger partial charge in [-0.2, -0.15) is 0 Å². The molecule has 0 saturated carbocycles. The van der Waals surface area contributed by atoms with E-state index in [0.717, 1.165) is 5.69 Å². The molecule has 1 aromatic heterocycles. The maximum atomic E-state index is 10.6. The highest BCUT2D eigenvalue weighted by Gasteiger charge is 2.07. The van der Waals surface area contributed by atoms with Gasteiger partial charge in [-0.25, -0.2) is 4.79 Å².